The molecule has 0 aromatic carbocycles. The van der Waals surface area contributed by atoms with Crippen LogP contribution in [-0.2, 0) is 0 Å². The first-order valence-electron chi connectivity index (χ1n) is 4.51. The highest BCUT2D eigenvalue weighted by Gasteiger charge is 2.14. The molecule has 1 aliphatic carbocycles. The normalized spacial score (nSPS) is 25.5. The average Bonchev–Trinajstić information content (AvgIpc) is 2.01. The molecular weight excluding hydrogens is 132 g/mol. The lowest BCUT2D eigenvalue weighted by Crippen LogP contribution is -2.06. The van der Waals surface area contributed by atoms with Crippen LogP contribution in [0, 0.1) is 5.92 Å². The van der Waals surface area contributed by atoms with E-state index in [1.165, 1.54) is 24.0 Å². The molecule has 0 saturated heterocycles. The zero-order valence-corrected chi connectivity index (χ0v) is 8.07. The fraction of sp³-hybridized carbons (Fsp3) is 0.636. The Morgan fingerprint density at radius 3 is 2.55 bits per heavy atom. The van der Waals surface area contributed by atoms with E-state index in [-0.39, 0.29) is 0 Å². The van der Waals surface area contributed by atoms with Crippen molar-refractivity contribution in [3.05, 3.63) is 22.8 Å². The molecule has 62 valence electrons. The van der Waals surface area contributed by atoms with Crippen LogP contribution in [0.4, 0.5) is 0 Å². The molecule has 0 saturated carbocycles. The third-order valence-corrected chi connectivity index (χ3v) is 3.00. The van der Waals surface area contributed by atoms with E-state index in [9.17, 15) is 0 Å². The summed E-state index contributed by atoms with van der Waals surface area (Å²) in [7, 11) is 0. The Bertz CT molecular complexity index is 206. The van der Waals surface area contributed by atoms with Gasteiger partial charge in [-0.15, -0.1) is 0 Å². The van der Waals surface area contributed by atoms with Gasteiger partial charge < -0.3 is 0 Å². The summed E-state index contributed by atoms with van der Waals surface area (Å²) in [5, 5.41) is 0. The molecule has 0 fully saturated rings. The Hall–Kier alpha value is -0.520. The standard InChI is InChI=1S/C11H18/c1-5-11-7-6-8(2)9(3)10(11)4/h6,11H,5,7H2,1-4H3. The molecule has 1 unspecified atom stereocenters. The molecule has 1 atom stereocenters. The van der Waals surface area contributed by atoms with Crippen molar-refractivity contribution >= 4 is 0 Å². The zero-order chi connectivity index (χ0) is 8.43. The summed E-state index contributed by atoms with van der Waals surface area (Å²) in [6.45, 7) is 9.00. The van der Waals surface area contributed by atoms with Gasteiger partial charge in [-0.25, -0.2) is 0 Å². The molecule has 11 heavy (non-hydrogen) atoms. The van der Waals surface area contributed by atoms with Gasteiger partial charge in [-0.1, -0.05) is 24.1 Å². The zero-order valence-electron chi connectivity index (χ0n) is 8.07. The summed E-state index contributed by atoms with van der Waals surface area (Å²) < 4.78 is 0. The molecule has 0 amide bonds. The molecule has 1 aliphatic rings. The quantitative estimate of drug-likeness (QED) is 0.534. The lowest BCUT2D eigenvalue weighted by atomic mass is 9.83. The molecule has 0 heterocycles. The molecule has 0 aliphatic heterocycles. The van der Waals surface area contributed by atoms with Gasteiger partial charge in [0, 0.05) is 0 Å². The van der Waals surface area contributed by atoms with Crippen LogP contribution < -0.4 is 0 Å². The summed E-state index contributed by atoms with van der Waals surface area (Å²) in [5.41, 5.74) is 4.60. The molecule has 0 N–H and O–H groups in total. The fourth-order valence-electron chi connectivity index (χ4n) is 1.74. The summed E-state index contributed by atoms with van der Waals surface area (Å²) in [6, 6.07) is 0. The van der Waals surface area contributed by atoms with Gasteiger partial charge in [0.1, 0.15) is 0 Å². The van der Waals surface area contributed by atoms with Gasteiger partial charge in [-0.3, -0.25) is 0 Å². The molecule has 0 heteroatoms. The SMILES string of the molecule is CCC1CC=C(C)C(C)=C1C. The van der Waals surface area contributed by atoms with Crippen molar-refractivity contribution in [1.29, 1.82) is 0 Å². The Balaban J connectivity index is 2.88. The lowest BCUT2D eigenvalue weighted by molar-refractivity contribution is 0.584. The summed E-state index contributed by atoms with van der Waals surface area (Å²) in [6.07, 6.45) is 4.91. The van der Waals surface area contributed by atoms with Gasteiger partial charge in [0.15, 0.2) is 0 Å². The Morgan fingerprint density at radius 1 is 1.36 bits per heavy atom. The van der Waals surface area contributed by atoms with Crippen LogP contribution in [0.5, 0.6) is 0 Å². The van der Waals surface area contributed by atoms with E-state index in [1.807, 2.05) is 0 Å². The van der Waals surface area contributed by atoms with Gasteiger partial charge in [-0.05, 0) is 45.1 Å². The third kappa shape index (κ3) is 1.55. The van der Waals surface area contributed by atoms with Gasteiger partial charge in [0.2, 0.25) is 0 Å². The number of allylic oxidation sites excluding steroid dienone is 4. The topological polar surface area (TPSA) is 0 Å². The van der Waals surface area contributed by atoms with Gasteiger partial charge >= 0.3 is 0 Å². The van der Waals surface area contributed by atoms with Crippen molar-refractivity contribution in [3.63, 3.8) is 0 Å². The first-order chi connectivity index (χ1) is 5.16. The highest BCUT2D eigenvalue weighted by atomic mass is 14.2. The molecule has 0 spiro atoms. The minimum atomic E-state index is 0.818. The average molecular weight is 150 g/mol. The monoisotopic (exact) mass is 150 g/mol. The first kappa shape index (κ1) is 8.58. The van der Waals surface area contributed by atoms with Gasteiger partial charge in [-0.2, -0.15) is 0 Å². The minimum Gasteiger partial charge on any atom is -0.0807 e. The van der Waals surface area contributed by atoms with Crippen molar-refractivity contribution < 1.29 is 0 Å². The van der Waals surface area contributed by atoms with Gasteiger partial charge in [0.05, 0.1) is 0 Å². The van der Waals surface area contributed by atoms with E-state index >= 15 is 0 Å². The second-order valence-electron chi connectivity index (χ2n) is 3.54. The van der Waals surface area contributed by atoms with Crippen molar-refractivity contribution in [3.8, 4) is 0 Å². The highest BCUT2D eigenvalue weighted by molar-refractivity contribution is 5.35. The molecule has 0 aromatic rings. The van der Waals surface area contributed by atoms with Gasteiger partial charge in [0.25, 0.3) is 0 Å². The molecule has 0 nitrogen and oxygen atoms in total. The summed E-state index contributed by atoms with van der Waals surface area (Å²) >= 11 is 0. The maximum atomic E-state index is 2.37. The fourth-order valence-corrected chi connectivity index (χ4v) is 1.74. The number of hydrogen-bond acceptors (Lipinski definition) is 0. The van der Waals surface area contributed by atoms with Crippen molar-refractivity contribution in [2.45, 2.75) is 40.5 Å². The van der Waals surface area contributed by atoms with Crippen molar-refractivity contribution in [2.24, 2.45) is 5.92 Å². The lowest BCUT2D eigenvalue weighted by Gasteiger charge is -2.22. The Kier molecular flexibility index (Phi) is 2.53. The molecule has 0 bridgehead atoms. The first-order valence-corrected chi connectivity index (χ1v) is 4.51. The summed E-state index contributed by atoms with van der Waals surface area (Å²) in [5.74, 6) is 0.818. The van der Waals surface area contributed by atoms with E-state index in [0.717, 1.165) is 5.92 Å². The molecule has 0 radical (unpaired) electrons. The highest BCUT2D eigenvalue weighted by Crippen LogP contribution is 2.30. The maximum Gasteiger partial charge on any atom is -0.0168 e. The molecule has 0 aromatic heterocycles. The number of hydrogen-bond donors (Lipinski definition) is 0. The van der Waals surface area contributed by atoms with Crippen LogP contribution in [-0.4, -0.2) is 0 Å². The predicted octanol–water partition coefficient (Wildman–Crippen LogP) is 3.70. The molecule has 1 rings (SSSR count). The van der Waals surface area contributed by atoms with E-state index in [2.05, 4.69) is 33.8 Å². The van der Waals surface area contributed by atoms with E-state index in [1.54, 1.807) is 5.57 Å². The third-order valence-electron chi connectivity index (χ3n) is 3.00. The Labute approximate surface area is 70.0 Å². The van der Waals surface area contributed by atoms with Crippen LogP contribution in [0.2, 0.25) is 0 Å². The predicted molar refractivity (Wildman–Crippen MR) is 50.5 cm³/mol. The smallest absolute Gasteiger partial charge is 0.0168 e. The minimum absolute atomic E-state index is 0.818. The summed E-state index contributed by atoms with van der Waals surface area (Å²) in [4.78, 5) is 0. The van der Waals surface area contributed by atoms with Crippen molar-refractivity contribution in [1.82, 2.24) is 0 Å². The van der Waals surface area contributed by atoms with E-state index < -0.39 is 0 Å². The molecular formula is C11H18. The number of rotatable bonds is 1. The van der Waals surface area contributed by atoms with Crippen LogP contribution in [0.25, 0.3) is 0 Å². The van der Waals surface area contributed by atoms with Crippen LogP contribution in [0.15, 0.2) is 22.8 Å². The second kappa shape index (κ2) is 3.25. The van der Waals surface area contributed by atoms with Crippen molar-refractivity contribution in [2.75, 3.05) is 0 Å². The largest absolute Gasteiger partial charge is 0.0807 e. The van der Waals surface area contributed by atoms with E-state index in [4.69, 9.17) is 0 Å². The van der Waals surface area contributed by atoms with Crippen LogP contribution in [0.3, 0.4) is 0 Å². The Morgan fingerprint density at radius 2 is 2.00 bits per heavy atom. The van der Waals surface area contributed by atoms with E-state index in [0.29, 0.717) is 0 Å². The van der Waals surface area contributed by atoms with Crippen LogP contribution in [0.1, 0.15) is 40.5 Å². The second-order valence-corrected chi connectivity index (χ2v) is 3.54. The van der Waals surface area contributed by atoms with Crippen LogP contribution >= 0.6 is 0 Å². The maximum absolute atomic E-state index is 2.37.